The molecule has 0 aromatic heterocycles. The highest BCUT2D eigenvalue weighted by atomic mass is 19.1. The first kappa shape index (κ1) is 18.2. The molecule has 1 aliphatic rings. The van der Waals surface area contributed by atoms with E-state index in [-0.39, 0.29) is 5.82 Å². The second-order valence-corrected chi connectivity index (χ2v) is 7.05. The minimum Gasteiger partial charge on any atom is -0.216 e. The second kappa shape index (κ2) is 10.6. The first-order chi connectivity index (χ1) is 11.3. The lowest BCUT2D eigenvalue weighted by atomic mass is 9.78. The molecule has 0 saturated heterocycles. The first-order valence-corrected chi connectivity index (χ1v) is 9.27. The summed E-state index contributed by atoms with van der Waals surface area (Å²) in [7, 11) is 0. The van der Waals surface area contributed by atoms with E-state index in [1.54, 1.807) is 18.2 Å². The maximum absolute atomic E-state index is 12.9. The van der Waals surface area contributed by atoms with Crippen molar-refractivity contribution in [3.8, 4) is 0 Å². The van der Waals surface area contributed by atoms with Gasteiger partial charge < -0.3 is 0 Å². The number of allylic oxidation sites excluding steroid dienone is 1. The molecule has 0 atom stereocenters. The third-order valence-corrected chi connectivity index (χ3v) is 5.29. The van der Waals surface area contributed by atoms with Gasteiger partial charge in [-0.2, -0.15) is 0 Å². The zero-order valence-corrected chi connectivity index (χ0v) is 14.2. The first-order valence-electron chi connectivity index (χ1n) is 9.27. The zero-order chi connectivity index (χ0) is 16.3. The summed E-state index contributed by atoms with van der Waals surface area (Å²) < 4.78 is 24.7. The fraction of sp³-hybridized carbons (Fsp3) is 0.619. The Morgan fingerprint density at radius 1 is 0.870 bits per heavy atom. The van der Waals surface area contributed by atoms with Gasteiger partial charge in [-0.15, -0.1) is 0 Å². The van der Waals surface area contributed by atoms with E-state index in [2.05, 4.69) is 0 Å². The van der Waals surface area contributed by atoms with Crippen LogP contribution in [0, 0.1) is 17.7 Å². The molecule has 128 valence electrons. The topological polar surface area (TPSA) is 0 Å². The highest BCUT2D eigenvalue weighted by molar-refractivity contribution is 5.16. The molecule has 0 N–H and O–H groups in total. The summed E-state index contributed by atoms with van der Waals surface area (Å²) in [5, 5.41) is 0. The summed E-state index contributed by atoms with van der Waals surface area (Å²) in [6, 6.07) is 6.96. The summed E-state index contributed by atoms with van der Waals surface area (Å²) in [5.74, 6) is 1.62. The average Bonchev–Trinajstić information content (AvgIpc) is 2.58. The van der Waals surface area contributed by atoms with Gasteiger partial charge in [0.15, 0.2) is 0 Å². The van der Waals surface area contributed by atoms with Crippen molar-refractivity contribution in [1.29, 1.82) is 0 Å². The molecule has 1 fully saturated rings. The molecule has 1 aromatic rings. The number of hydrogen-bond donors (Lipinski definition) is 0. The number of halogens is 2. The summed E-state index contributed by atoms with van der Waals surface area (Å²) in [6.07, 6.45) is 15.9. The number of aryl methyl sites for hydroxylation is 1. The SMILES string of the molecule is FC=CCCCCC[C@H]1CC[C@H](CCc2ccc(F)cc2)CC1. The van der Waals surface area contributed by atoms with Crippen LogP contribution in [0.3, 0.4) is 0 Å². The predicted octanol–water partition coefficient (Wildman–Crippen LogP) is 7.00. The van der Waals surface area contributed by atoms with Gasteiger partial charge in [0.2, 0.25) is 0 Å². The minimum atomic E-state index is -0.144. The smallest absolute Gasteiger partial charge is 0.123 e. The average molecular weight is 320 g/mol. The molecule has 0 amide bonds. The lowest BCUT2D eigenvalue weighted by Gasteiger charge is -2.28. The maximum Gasteiger partial charge on any atom is 0.123 e. The normalized spacial score (nSPS) is 21.8. The zero-order valence-electron chi connectivity index (χ0n) is 14.2. The number of hydrogen-bond acceptors (Lipinski definition) is 0. The van der Waals surface area contributed by atoms with E-state index in [0.717, 1.165) is 31.1 Å². The van der Waals surface area contributed by atoms with Gasteiger partial charge in [0.1, 0.15) is 5.82 Å². The van der Waals surface area contributed by atoms with E-state index in [1.165, 1.54) is 56.9 Å². The fourth-order valence-electron chi connectivity index (χ4n) is 3.77. The van der Waals surface area contributed by atoms with Crippen molar-refractivity contribution in [3.05, 3.63) is 48.1 Å². The number of rotatable bonds is 9. The van der Waals surface area contributed by atoms with Crippen LogP contribution in [0.1, 0.15) is 69.8 Å². The van der Waals surface area contributed by atoms with Crippen LogP contribution in [-0.2, 0) is 6.42 Å². The monoisotopic (exact) mass is 320 g/mol. The summed E-state index contributed by atoms with van der Waals surface area (Å²) in [4.78, 5) is 0. The molecule has 0 bridgehead atoms. The predicted molar refractivity (Wildman–Crippen MR) is 93.5 cm³/mol. The summed E-state index contributed by atoms with van der Waals surface area (Å²) >= 11 is 0. The van der Waals surface area contributed by atoms with Crippen molar-refractivity contribution in [1.82, 2.24) is 0 Å². The fourth-order valence-corrected chi connectivity index (χ4v) is 3.77. The Balaban J connectivity index is 1.54. The molecule has 0 heterocycles. The van der Waals surface area contributed by atoms with Crippen molar-refractivity contribution < 1.29 is 8.78 Å². The third-order valence-electron chi connectivity index (χ3n) is 5.29. The van der Waals surface area contributed by atoms with Gasteiger partial charge in [-0.1, -0.05) is 63.2 Å². The van der Waals surface area contributed by atoms with Crippen LogP contribution in [0.4, 0.5) is 8.78 Å². The second-order valence-electron chi connectivity index (χ2n) is 7.05. The molecular formula is C21H30F2. The summed E-state index contributed by atoms with van der Waals surface area (Å²) in [5.41, 5.74) is 1.26. The van der Waals surface area contributed by atoms with Gasteiger partial charge in [-0.05, 0) is 55.2 Å². The highest BCUT2D eigenvalue weighted by Crippen LogP contribution is 2.34. The largest absolute Gasteiger partial charge is 0.216 e. The molecular weight excluding hydrogens is 290 g/mol. The third kappa shape index (κ3) is 7.28. The van der Waals surface area contributed by atoms with Gasteiger partial charge in [0.25, 0.3) is 0 Å². The van der Waals surface area contributed by atoms with E-state index in [4.69, 9.17) is 0 Å². The van der Waals surface area contributed by atoms with E-state index in [9.17, 15) is 8.78 Å². The van der Waals surface area contributed by atoms with Gasteiger partial charge in [0, 0.05) is 0 Å². The van der Waals surface area contributed by atoms with Crippen molar-refractivity contribution in [3.63, 3.8) is 0 Å². The Labute approximate surface area is 140 Å². The van der Waals surface area contributed by atoms with Crippen LogP contribution in [0.25, 0.3) is 0 Å². The molecule has 1 aliphatic carbocycles. The highest BCUT2D eigenvalue weighted by Gasteiger charge is 2.20. The van der Waals surface area contributed by atoms with E-state index in [1.807, 2.05) is 12.1 Å². The number of benzene rings is 1. The molecule has 0 nitrogen and oxygen atoms in total. The summed E-state index contributed by atoms with van der Waals surface area (Å²) in [6.45, 7) is 0. The molecule has 2 rings (SSSR count). The van der Waals surface area contributed by atoms with E-state index >= 15 is 0 Å². The van der Waals surface area contributed by atoms with Crippen LogP contribution in [-0.4, -0.2) is 0 Å². The van der Waals surface area contributed by atoms with Crippen LogP contribution in [0.15, 0.2) is 36.7 Å². The van der Waals surface area contributed by atoms with Crippen LogP contribution >= 0.6 is 0 Å². The van der Waals surface area contributed by atoms with Crippen LogP contribution in [0.2, 0.25) is 0 Å². The van der Waals surface area contributed by atoms with E-state index < -0.39 is 0 Å². The Kier molecular flexibility index (Phi) is 8.35. The van der Waals surface area contributed by atoms with Crippen molar-refractivity contribution in [2.75, 3.05) is 0 Å². The minimum absolute atomic E-state index is 0.144. The van der Waals surface area contributed by atoms with Gasteiger partial charge in [0.05, 0.1) is 6.33 Å². The molecule has 1 saturated carbocycles. The van der Waals surface area contributed by atoms with Crippen molar-refractivity contribution in [2.45, 2.75) is 70.6 Å². The Bertz CT molecular complexity index is 441. The molecule has 0 radical (unpaired) electrons. The Hall–Kier alpha value is -1.18. The lowest BCUT2D eigenvalue weighted by molar-refractivity contribution is 0.249. The molecule has 23 heavy (non-hydrogen) atoms. The van der Waals surface area contributed by atoms with Crippen LogP contribution < -0.4 is 0 Å². The standard InChI is InChI=1S/C21H30F2/c22-17-5-3-1-2-4-6-18-7-9-19(10-8-18)11-12-20-13-15-21(23)16-14-20/h5,13-19H,1-4,6-12H2/t18-,19-. The quantitative estimate of drug-likeness (QED) is 0.430. The molecule has 0 spiro atoms. The lowest BCUT2D eigenvalue weighted by Crippen LogP contribution is -2.15. The Morgan fingerprint density at radius 2 is 1.52 bits per heavy atom. The number of unbranched alkanes of at least 4 members (excludes halogenated alkanes) is 3. The van der Waals surface area contributed by atoms with Crippen molar-refractivity contribution in [2.24, 2.45) is 11.8 Å². The maximum atomic E-state index is 12.9. The van der Waals surface area contributed by atoms with Gasteiger partial charge >= 0.3 is 0 Å². The van der Waals surface area contributed by atoms with Gasteiger partial charge in [-0.25, -0.2) is 8.78 Å². The van der Waals surface area contributed by atoms with Crippen molar-refractivity contribution >= 4 is 0 Å². The molecule has 2 heteroatoms. The Morgan fingerprint density at radius 3 is 2.17 bits per heavy atom. The molecule has 1 aromatic carbocycles. The molecule has 0 aliphatic heterocycles. The van der Waals surface area contributed by atoms with Gasteiger partial charge in [-0.3, -0.25) is 0 Å². The molecule has 0 unspecified atom stereocenters. The van der Waals surface area contributed by atoms with E-state index in [0.29, 0.717) is 6.33 Å². The van der Waals surface area contributed by atoms with Crippen LogP contribution in [0.5, 0.6) is 0 Å².